The molecule has 0 fully saturated rings. The molecule has 1 aromatic heterocycles. The molecular formula is C11H11BrN2O2. The SMILES string of the molecule is CC1(C)C=Cc2c(Br)c(C(=O)O)nn2C=C1. The number of hydrogen-bond acceptors (Lipinski definition) is 2. The minimum atomic E-state index is -1.03. The van der Waals surface area contributed by atoms with Crippen molar-refractivity contribution >= 4 is 34.2 Å². The van der Waals surface area contributed by atoms with Crippen LogP contribution in [0.15, 0.2) is 16.6 Å². The first-order valence-electron chi connectivity index (χ1n) is 4.80. The number of carboxylic acids is 1. The van der Waals surface area contributed by atoms with Gasteiger partial charge in [0.2, 0.25) is 0 Å². The predicted molar refractivity (Wildman–Crippen MR) is 65.0 cm³/mol. The maximum absolute atomic E-state index is 10.9. The quantitative estimate of drug-likeness (QED) is 0.862. The summed E-state index contributed by atoms with van der Waals surface area (Å²) < 4.78 is 2.08. The molecule has 0 radical (unpaired) electrons. The van der Waals surface area contributed by atoms with E-state index in [9.17, 15) is 4.79 Å². The lowest BCUT2D eigenvalue weighted by molar-refractivity contribution is 0.0689. The monoisotopic (exact) mass is 282 g/mol. The van der Waals surface area contributed by atoms with Crippen LogP contribution in [0.25, 0.3) is 12.3 Å². The van der Waals surface area contributed by atoms with Crippen LogP contribution in [-0.4, -0.2) is 20.9 Å². The van der Waals surface area contributed by atoms with E-state index < -0.39 is 5.97 Å². The maximum Gasteiger partial charge on any atom is 0.357 e. The van der Waals surface area contributed by atoms with Crippen molar-refractivity contribution in [3.63, 3.8) is 0 Å². The van der Waals surface area contributed by atoms with Crippen molar-refractivity contribution in [1.82, 2.24) is 9.78 Å². The summed E-state index contributed by atoms with van der Waals surface area (Å²) in [7, 11) is 0. The molecule has 16 heavy (non-hydrogen) atoms. The van der Waals surface area contributed by atoms with Crippen LogP contribution in [0.1, 0.15) is 30.0 Å². The first-order valence-corrected chi connectivity index (χ1v) is 5.60. The molecule has 0 bridgehead atoms. The van der Waals surface area contributed by atoms with E-state index in [0.717, 1.165) is 5.69 Å². The van der Waals surface area contributed by atoms with E-state index in [-0.39, 0.29) is 11.1 Å². The summed E-state index contributed by atoms with van der Waals surface area (Å²) >= 11 is 3.26. The van der Waals surface area contributed by atoms with E-state index in [4.69, 9.17) is 5.11 Å². The van der Waals surface area contributed by atoms with Crippen LogP contribution < -0.4 is 0 Å². The average molecular weight is 283 g/mol. The van der Waals surface area contributed by atoms with Crippen LogP contribution in [0.5, 0.6) is 0 Å². The molecule has 1 aromatic rings. The standard InChI is InChI=1S/C11H11BrN2O2/c1-11(2)4-3-7-8(12)9(10(15)16)13-14(7)6-5-11/h3-6H,1-2H3,(H,15,16). The number of nitrogens with zero attached hydrogens (tertiary/aromatic N) is 2. The molecule has 0 saturated carbocycles. The van der Waals surface area contributed by atoms with Crippen LogP contribution in [0.4, 0.5) is 0 Å². The number of aromatic nitrogens is 2. The highest BCUT2D eigenvalue weighted by Gasteiger charge is 2.21. The Bertz CT molecular complexity index is 512. The van der Waals surface area contributed by atoms with Crippen molar-refractivity contribution in [1.29, 1.82) is 0 Å². The van der Waals surface area contributed by atoms with Gasteiger partial charge in [-0.2, -0.15) is 5.10 Å². The molecule has 0 aliphatic carbocycles. The van der Waals surface area contributed by atoms with Crippen molar-refractivity contribution in [2.24, 2.45) is 5.41 Å². The number of allylic oxidation sites excluding steroid dienone is 2. The van der Waals surface area contributed by atoms with Gasteiger partial charge in [0.15, 0.2) is 5.69 Å². The van der Waals surface area contributed by atoms with Gasteiger partial charge in [0, 0.05) is 11.6 Å². The lowest BCUT2D eigenvalue weighted by Crippen LogP contribution is -2.02. The second-order valence-corrected chi connectivity index (χ2v) is 5.06. The van der Waals surface area contributed by atoms with Crippen LogP contribution in [0, 0.1) is 5.41 Å². The molecule has 2 heterocycles. The van der Waals surface area contributed by atoms with Gasteiger partial charge < -0.3 is 5.11 Å². The van der Waals surface area contributed by atoms with E-state index in [1.54, 1.807) is 10.9 Å². The number of hydrogen-bond donors (Lipinski definition) is 1. The largest absolute Gasteiger partial charge is 0.476 e. The summed E-state index contributed by atoms with van der Waals surface area (Å²) in [6, 6.07) is 0. The van der Waals surface area contributed by atoms with Crippen LogP contribution >= 0.6 is 15.9 Å². The van der Waals surface area contributed by atoms with E-state index >= 15 is 0 Å². The van der Waals surface area contributed by atoms with Crippen molar-refractivity contribution in [2.45, 2.75) is 13.8 Å². The van der Waals surface area contributed by atoms with Crippen molar-refractivity contribution in [3.05, 3.63) is 28.0 Å². The summed E-state index contributed by atoms with van der Waals surface area (Å²) in [4.78, 5) is 10.9. The van der Waals surface area contributed by atoms with Gasteiger partial charge in [0.1, 0.15) is 0 Å². The third-order valence-electron chi connectivity index (χ3n) is 2.41. The first-order chi connectivity index (χ1) is 7.41. The number of rotatable bonds is 1. The zero-order valence-corrected chi connectivity index (χ0v) is 10.5. The topological polar surface area (TPSA) is 55.1 Å². The van der Waals surface area contributed by atoms with Gasteiger partial charge in [-0.3, -0.25) is 0 Å². The Morgan fingerprint density at radius 2 is 2.19 bits per heavy atom. The average Bonchev–Trinajstić information content (AvgIpc) is 2.41. The fourth-order valence-corrected chi connectivity index (χ4v) is 2.00. The Morgan fingerprint density at radius 3 is 2.81 bits per heavy atom. The fourth-order valence-electron chi connectivity index (χ4n) is 1.44. The molecule has 0 aromatic carbocycles. The van der Waals surface area contributed by atoms with Gasteiger partial charge in [-0.05, 0) is 22.0 Å². The van der Waals surface area contributed by atoms with Gasteiger partial charge >= 0.3 is 5.97 Å². The van der Waals surface area contributed by atoms with Crippen LogP contribution in [0.3, 0.4) is 0 Å². The Labute approximate surface area is 101 Å². The second-order valence-electron chi connectivity index (χ2n) is 4.27. The minimum absolute atomic E-state index is 0.0315. The molecule has 2 rings (SSSR count). The molecule has 84 valence electrons. The van der Waals surface area contributed by atoms with Gasteiger partial charge in [0.25, 0.3) is 0 Å². The Kier molecular flexibility index (Phi) is 2.50. The lowest BCUT2D eigenvalue weighted by atomic mass is 9.93. The molecule has 1 N–H and O–H groups in total. The molecule has 0 spiro atoms. The number of carboxylic acid groups (broad SMARTS) is 1. The van der Waals surface area contributed by atoms with E-state index in [1.807, 2.05) is 18.2 Å². The first kappa shape index (κ1) is 11.1. The molecule has 1 aliphatic rings. The zero-order chi connectivity index (χ0) is 11.9. The van der Waals surface area contributed by atoms with Gasteiger partial charge in [-0.1, -0.05) is 26.0 Å². The van der Waals surface area contributed by atoms with Gasteiger partial charge in [0.05, 0.1) is 10.2 Å². The summed E-state index contributed by atoms with van der Waals surface area (Å²) in [5, 5.41) is 12.9. The summed E-state index contributed by atoms with van der Waals surface area (Å²) in [6.45, 7) is 4.14. The molecule has 0 saturated heterocycles. The maximum atomic E-state index is 10.9. The molecule has 4 nitrogen and oxygen atoms in total. The van der Waals surface area contributed by atoms with E-state index in [2.05, 4.69) is 34.9 Å². The molecule has 1 aliphatic heterocycles. The highest BCUT2D eigenvalue weighted by Crippen LogP contribution is 2.29. The van der Waals surface area contributed by atoms with Crippen molar-refractivity contribution < 1.29 is 9.90 Å². The third-order valence-corrected chi connectivity index (χ3v) is 3.19. The van der Waals surface area contributed by atoms with Crippen LogP contribution in [0.2, 0.25) is 0 Å². The number of halogens is 1. The Balaban J connectivity index is 2.58. The van der Waals surface area contributed by atoms with Crippen molar-refractivity contribution in [2.75, 3.05) is 0 Å². The lowest BCUT2D eigenvalue weighted by Gasteiger charge is -2.11. The van der Waals surface area contributed by atoms with Crippen LogP contribution in [-0.2, 0) is 0 Å². The second kappa shape index (κ2) is 3.59. The van der Waals surface area contributed by atoms with E-state index in [1.165, 1.54) is 0 Å². The normalized spacial score (nSPS) is 16.9. The molecule has 0 unspecified atom stereocenters. The Morgan fingerprint density at radius 1 is 1.50 bits per heavy atom. The third kappa shape index (κ3) is 1.82. The molecule has 0 atom stereocenters. The number of aromatic carboxylic acids is 1. The van der Waals surface area contributed by atoms with E-state index in [0.29, 0.717) is 4.47 Å². The summed E-state index contributed by atoms with van der Waals surface area (Å²) in [6.07, 6.45) is 7.65. The summed E-state index contributed by atoms with van der Waals surface area (Å²) in [5.74, 6) is -1.03. The predicted octanol–water partition coefficient (Wildman–Crippen LogP) is 2.87. The van der Waals surface area contributed by atoms with Gasteiger partial charge in [-0.15, -0.1) is 0 Å². The highest BCUT2D eigenvalue weighted by atomic mass is 79.9. The highest BCUT2D eigenvalue weighted by molar-refractivity contribution is 9.10. The van der Waals surface area contributed by atoms with Crippen molar-refractivity contribution in [3.8, 4) is 0 Å². The Hall–Kier alpha value is -1.36. The zero-order valence-electron chi connectivity index (χ0n) is 8.94. The van der Waals surface area contributed by atoms with Gasteiger partial charge in [-0.25, -0.2) is 9.48 Å². The number of carbonyl (C=O) groups is 1. The molecule has 0 amide bonds. The fraction of sp³-hybridized carbons (Fsp3) is 0.273. The molecular weight excluding hydrogens is 272 g/mol. The smallest absolute Gasteiger partial charge is 0.357 e. The summed E-state index contributed by atoms with van der Waals surface area (Å²) in [5.41, 5.74) is 0.729. The number of fused-ring (bicyclic) bond motifs is 1. The minimum Gasteiger partial charge on any atom is -0.476 e. The molecule has 5 heteroatoms.